The van der Waals surface area contributed by atoms with Gasteiger partial charge < -0.3 is 16.0 Å². The third-order valence-electron chi connectivity index (χ3n) is 3.65. The van der Waals surface area contributed by atoms with Gasteiger partial charge in [-0.3, -0.25) is 14.4 Å². The van der Waals surface area contributed by atoms with E-state index in [4.69, 9.17) is 0 Å². The first-order chi connectivity index (χ1) is 12.6. The van der Waals surface area contributed by atoms with Gasteiger partial charge in [0.05, 0.1) is 6.54 Å². The van der Waals surface area contributed by atoms with Gasteiger partial charge in [0.25, 0.3) is 5.91 Å². The minimum atomic E-state index is -0.284. The summed E-state index contributed by atoms with van der Waals surface area (Å²) in [6.07, 6.45) is 1.29. The number of nitrogens with one attached hydrogen (secondary N) is 3. The summed E-state index contributed by atoms with van der Waals surface area (Å²) in [6, 6.07) is 16.0. The lowest BCUT2D eigenvalue weighted by Gasteiger charge is -2.08. The van der Waals surface area contributed by atoms with E-state index in [9.17, 15) is 14.4 Å². The average molecular weight is 353 g/mol. The minimum absolute atomic E-state index is 0.0114. The Morgan fingerprint density at radius 1 is 0.846 bits per heavy atom. The SMILES string of the molecule is CCCC(=O)Nc1ccc(CNC(=O)CNC(=O)c2ccccc2)cc1. The number of hydrogen-bond acceptors (Lipinski definition) is 3. The van der Waals surface area contributed by atoms with Gasteiger partial charge in [0.1, 0.15) is 0 Å². The van der Waals surface area contributed by atoms with Crippen molar-refractivity contribution in [1.29, 1.82) is 0 Å². The zero-order chi connectivity index (χ0) is 18.8. The van der Waals surface area contributed by atoms with Crippen LogP contribution in [0.1, 0.15) is 35.7 Å². The van der Waals surface area contributed by atoms with Crippen LogP contribution in [0.5, 0.6) is 0 Å². The molecular formula is C20H23N3O3. The molecule has 0 saturated carbocycles. The quantitative estimate of drug-likeness (QED) is 0.681. The predicted octanol–water partition coefficient (Wildman–Crippen LogP) is 2.47. The fourth-order valence-electron chi connectivity index (χ4n) is 2.27. The Labute approximate surface area is 153 Å². The summed E-state index contributed by atoms with van der Waals surface area (Å²) >= 11 is 0. The zero-order valence-electron chi connectivity index (χ0n) is 14.7. The largest absolute Gasteiger partial charge is 0.350 e. The van der Waals surface area contributed by atoms with Crippen molar-refractivity contribution in [3.63, 3.8) is 0 Å². The second kappa shape index (κ2) is 9.98. The van der Waals surface area contributed by atoms with Crippen LogP contribution in [-0.4, -0.2) is 24.3 Å². The highest BCUT2D eigenvalue weighted by Crippen LogP contribution is 2.10. The molecule has 0 heterocycles. The Morgan fingerprint density at radius 3 is 2.19 bits per heavy atom. The molecule has 6 heteroatoms. The van der Waals surface area contributed by atoms with Crippen LogP contribution in [0.2, 0.25) is 0 Å². The van der Waals surface area contributed by atoms with Crippen LogP contribution in [-0.2, 0) is 16.1 Å². The van der Waals surface area contributed by atoms with E-state index >= 15 is 0 Å². The van der Waals surface area contributed by atoms with E-state index in [2.05, 4.69) is 16.0 Å². The van der Waals surface area contributed by atoms with Gasteiger partial charge in [-0.1, -0.05) is 37.3 Å². The summed E-state index contributed by atoms with van der Waals surface area (Å²) in [4.78, 5) is 35.3. The number of benzene rings is 2. The van der Waals surface area contributed by atoms with Crippen LogP contribution in [0.4, 0.5) is 5.69 Å². The molecule has 2 aromatic carbocycles. The maximum Gasteiger partial charge on any atom is 0.251 e. The summed E-state index contributed by atoms with van der Waals surface area (Å²) < 4.78 is 0. The number of hydrogen-bond donors (Lipinski definition) is 3. The van der Waals surface area contributed by atoms with Gasteiger partial charge in [-0.05, 0) is 36.2 Å². The van der Waals surface area contributed by atoms with E-state index in [1.54, 1.807) is 36.4 Å². The van der Waals surface area contributed by atoms with Crippen molar-refractivity contribution in [2.75, 3.05) is 11.9 Å². The fourth-order valence-corrected chi connectivity index (χ4v) is 2.27. The van der Waals surface area contributed by atoms with Gasteiger partial charge in [-0.25, -0.2) is 0 Å². The molecular weight excluding hydrogens is 330 g/mol. The van der Waals surface area contributed by atoms with Crippen LogP contribution < -0.4 is 16.0 Å². The van der Waals surface area contributed by atoms with Gasteiger partial charge in [0, 0.05) is 24.2 Å². The first kappa shape index (κ1) is 19.2. The van der Waals surface area contributed by atoms with E-state index in [1.807, 2.05) is 25.1 Å². The molecule has 0 bridgehead atoms. The van der Waals surface area contributed by atoms with Crippen molar-refractivity contribution in [2.45, 2.75) is 26.3 Å². The van der Waals surface area contributed by atoms with Crippen LogP contribution in [0.15, 0.2) is 54.6 Å². The molecule has 0 radical (unpaired) electrons. The number of amides is 3. The van der Waals surface area contributed by atoms with Crippen molar-refractivity contribution in [2.24, 2.45) is 0 Å². The molecule has 6 nitrogen and oxygen atoms in total. The van der Waals surface area contributed by atoms with Crippen LogP contribution in [0, 0.1) is 0 Å². The molecule has 3 N–H and O–H groups in total. The molecule has 2 aromatic rings. The molecule has 136 valence electrons. The van der Waals surface area contributed by atoms with Crippen molar-refractivity contribution < 1.29 is 14.4 Å². The molecule has 26 heavy (non-hydrogen) atoms. The minimum Gasteiger partial charge on any atom is -0.350 e. The standard InChI is InChI=1S/C20H23N3O3/c1-2-6-18(24)23-17-11-9-15(10-12-17)13-21-19(25)14-22-20(26)16-7-4-3-5-8-16/h3-5,7-12H,2,6,13-14H2,1H3,(H,21,25)(H,22,26)(H,23,24). The molecule has 0 spiro atoms. The smallest absolute Gasteiger partial charge is 0.251 e. The molecule has 0 atom stereocenters. The Balaban J connectivity index is 1.73. The van der Waals surface area contributed by atoms with E-state index in [1.165, 1.54) is 0 Å². The summed E-state index contributed by atoms with van der Waals surface area (Å²) in [5.74, 6) is -0.565. The predicted molar refractivity (Wildman–Crippen MR) is 101 cm³/mol. The summed E-state index contributed by atoms with van der Waals surface area (Å²) in [5.41, 5.74) is 2.15. The van der Waals surface area contributed by atoms with Gasteiger partial charge >= 0.3 is 0 Å². The average Bonchev–Trinajstić information content (AvgIpc) is 2.66. The second-order valence-corrected chi connectivity index (χ2v) is 5.82. The summed E-state index contributed by atoms with van der Waals surface area (Å²) in [5, 5.41) is 8.13. The second-order valence-electron chi connectivity index (χ2n) is 5.82. The van der Waals surface area contributed by atoms with Crippen LogP contribution >= 0.6 is 0 Å². The molecule has 0 aliphatic heterocycles. The molecule has 0 aromatic heterocycles. The molecule has 0 saturated heterocycles. The zero-order valence-corrected chi connectivity index (χ0v) is 14.7. The van der Waals surface area contributed by atoms with Gasteiger partial charge in [-0.2, -0.15) is 0 Å². The molecule has 3 amide bonds. The van der Waals surface area contributed by atoms with Gasteiger partial charge in [0.2, 0.25) is 11.8 Å². The molecule has 0 fully saturated rings. The van der Waals surface area contributed by atoms with E-state index < -0.39 is 0 Å². The Hall–Kier alpha value is -3.15. The number of carbonyl (C=O) groups excluding carboxylic acids is 3. The first-order valence-electron chi connectivity index (χ1n) is 8.57. The first-order valence-corrected chi connectivity index (χ1v) is 8.57. The maximum atomic E-state index is 11.9. The maximum absolute atomic E-state index is 11.9. The lowest BCUT2D eigenvalue weighted by molar-refractivity contribution is -0.120. The lowest BCUT2D eigenvalue weighted by atomic mass is 10.2. The summed E-state index contributed by atoms with van der Waals surface area (Å²) in [6.45, 7) is 2.22. The van der Waals surface area contributed by atoms with Crippen LogP contribution in [0.3, 0.4) is 0 Å². The number of anilines is 1. The van der Waals surface area contributed by atoms with Crippen molar-refractivity contribution in [3.8, 4) is 0 Å². The van der Waals surface area contributed by atoms with Gasteiger partial charge in [-0.15, -0.1) is 0 Å². The Morgan fingerprint density at radius 2 is 1.54 bits per heavy atom. The highest BCUT2D eigenvalue weighted by Gasteiger charge is 2.07. The monoisotopic (exact) mass is 353 g/mol. The van der Waals surface area contributed by atoms with Crippen LogP contribution in [0.25, 0.3) is 0 Å². The third kappa shape index (κ3) is 6.39. The highest BCUT2D eigenvalue weighted by atomic mass is 16.2. The molecule has 2 rings (SSSR count). The Kier molecular flexibility index (Phi) is 7.36. The highest BCUT2D eigenvalue weighted by molar-refractivity contribution is 5.96. The van der Waals surface area contributed by atoms with Crippen molar-refractivity contribution in [1.82, 2.24) is 10.6 Å². The summed E-state index contributed by atoms with van der Waals surface area (Å²) in [7, 11) is 0. The number of rotatable bonds is 8. The number of carbonyl (C=O) groups is 3. The van der Waals surface area contributed by atoms with Gasteiger partial charge in [0.15, 0.2) is 0 Å². The van der Waals surface area contributed by atoms with E-state index in [-0.39, 0.29) is 24.3 Å². The normalized spacial score (nSPS) is 10.0. The molecule has 0 aliphatic carbocycles. The lowest BCUT2D eigenvalue weighted by Crippen LogP contribution is -2.36. The van der Waals surface area contributed by atoms with E-state index in [0.29, 0.717) is 18.5 Å². The topological polar surface area (TPSA) is 87.3 Å². The fraction of sp³-hybridized carbons (Fsp3) is 0.250. The van der Waals surface area contributed by atoms with E-state index in [0.717, 1.165) is 17.7 Å². The Bertz CT molecular complexity index is 743. The van der Waals surface area contributed by atoms with Crippen molar-refractivity contribution >= 4 is 23.4 Å². The molecule has 0 unspecified atom stereocenters. The third-order valence-corrected chi connectivity index (χ3v) is 3.65. The van der Waals surface area contributed by atoms with Crippen molar-refractivity contribution in [3.05, 3.63) is 65.7 Å². The molecule has 0 aliphatic rings.